The fraction of sp³-hybridized carbons (Fsp3) is 0.464. The van der Waals surface area contributed by atoms with E-state index in [4.69, 9.17) is 94.7 Å². The van der Waals surface area contributed by atoms with Crippen molar-refractivity contribution in [3.05, 3.63) is 255 Å². The van der Waals surface area contributed by atoms with E-state index in [9.17, 15) is 47.9 Å². The van der Waals surface area contributed by atoms with Crippen molar-refractivity contribution in [3.63, 3.8) is 0 Å². The van der Waals surface area contributed by atoms with Gasteiger partial charge in [-0.1, -0.05) is 284 Å². The number of nitrogens with one attached hydrogen (secondary N) is 2. The third kappa shape index (κ3) is 80.9. The highest BCUT2D eigenvalue weighted by Crippen LogP contribution is 2.20. The number of ether oxygens (including phenoxy) is 22. The molecule has 0 saturated heterocycles. The maximum absolute atomic E-state index is 12.2. The number of para-hydroxylation sites is 8. The Morgan fingerprint density at radius 1 is 0.295 bits per heavy atom. The molecular weight excluding hydrogens is 1890 g/mol. The lowest BCUT2D eigenvalue weighted by Gasteiger charge is -2.23. The van der Waals surface area contributed by atoms with Crippen LogP contribution < -0.4 is 48.5 Å². The number of carbonyl (C=O) groups excluding carboxylic acids is 10. The maximum atomic E-state index is 12.2. The first-order chi connectivity index (χ1) is 70.1. The summed E-state index contributed by atoms with van der Waals surface area (Å²) in [4.78, 5) is 114. The van der Waals surface area contributed by atoms with Gasteiger partial charge >= 0.3 is 60.7 Å². The van der Waals surface area contributed by atoms with Crippen LogP contribution in [0.4, 0.5) is 28.8 Å². The summed E-state index contributed by atoms with van der Waals surface area (Å²) in [5, 5.41) is 5.05. The quantitative estimate of drug-likeness (QED) is 0.0117. The topological polar surface area (TPSA) is 398 Å². The Morgan fingerprint density at radius 3 is 0.822 bits per heavy atom. The molecule has 0 saturated carbocycles. The van der Waals surface area contributed by atoms with Crippen LogP contribution in [0, 0.1) is 11.8 Å². The van der Waals surface area contributed by atoms with Crippen molar-refractivity contribution < 1.29 is 152 Å². The van der Waals surface area contributed by atoms with E-state index >= 15 is 0 Å². The number of benzene rings is 8. The first-order valence-electron chi connectivity index (χ1n) is 49.0. The number of amides is 2. The number of alkyl carbamates (subject to hydrolysis) is 2. The third-order valence-electron chi connectivity index (χ3n) is 17.8. The minimum atomic E-state index is -0.785. The second kappa shape index (κ2) is 84.9. The van der Waals surface area contributed by atoms with Crippen LogP contribution in [0.25, 0.3) is 0 Å². The zero-order valence-corrected chi connectivity index (χ0v) is 87.8. The van der Waals surface area contributed by atoms with Gasteiger partial charge < -0.3 is 115 Å². The normalized spacial score (nSPS) is 10.6. The lowest BCUT2D eigenvalue weighted by Crippen LogP contribution is -2.45. The van der Waals surface area contributed by atoms with Crippen molar-refractivity contribution in [2.75, 3.05) is 74.2 Å². The largest absolute Gasteiger partial charge is 0.511 e. The van der Waals surface area contributed by atoms with Crippen molar-refractivity contribution in [1.82, 2.24) is 10.6 Å². The predicted molar refractivity (Wildman–Crippen MR) is 552 cm³/mol. The molecular formula is C112H156N2O32. The first-order valence-corrected chi connectivity index (χ1v) is 49.0. The Hall–Kier alpha value is -14.6. The fourth-order valence-electron chi connectivity index (χ4n) is 11.0. The van der Waals surface area contributed by atoms with Crippen LogP contribution in [-0.2, 0) is 85.5 Å². The number of hydrogen-bond donors (Lipinski definition) is 2. The zero-order chi connectivity index (χ0) is 108. The van der Waals surface area contributed by atoms with Crippen LogP contribution in [0.5, 0.6) is 46.0 Å². The standard InChI is InChI=1S/C18H27NO5.C18H28O4.C17H23NO5.C16H24O4.C12H16O4.C11H14O4.C11H14O3.C9H10O3/c1-13(2)11-15(19-17(21)24-18(3,4)5)16(20)23-12-22-14-9-7-6-8-10-14;1-2-3-4-5-6-7-8-12-15-20-18(19)22-16-21-17-13-10-9-11-14-17;1-4-10-21-17(20)18-15(11-13(2)3)16(19)23-12-22-14-8-6-5-7-9-14;1-2-3-4-5-6-10-13-18-16(17)20-14-19-15-11-8-7-9-12-15;1-12(2,3)16-11(13)15-9-14-10-7-5-4-6-8-10;1-9(2)15-11(12)14-8-13-10-6-4-3-5-7-10;1-2-6-11(12)14-9-13-10-7-4-3-5-8-10;1-8(10)11-7-12-9-5-3-2-4-6-9/h6-10,13,15H,11-12H2,1-5H3,(H,19,21);9-11,13-14H,2-8,12,15-16H2,1H3;4-9,13,15H,1,10-12H2,2-3H3,(H,18,20);7-9,11-12H,2-6,10,13-14H2,1H3;4-8H,9H2,1-3H3;3-7,9H,8H2,1-2H3;3-5,7-8H,2,6,9H2,1H3;2-6H,7H2,1H3. The van der Waals surface area contributed by atoms with Gasteiger partial charge in [0, 0.05) is 13.3 Å². The van der Waals surface area contributed by atoms with E-state index < -0.39 is 72.0 Å². The molecule has 8 aromatic rings. The molecule has 146 heavy (non-hydrogen) atoms. The summed E-state index contributed by atoms with van der Waals surface area (Å²) >= 11 is 0. The molecule has 0 aromatic heterocycles. The molecule has 2 atom stereocenters. The van der Waals surface area contributed by atoms with Gasteiger partial charge in [0.15, 0.2) is 0 Å². The molecule has 0 spiro atoms. The smallest absolute Gasteiger partial charge is 0.457 e. The zero-order valence-electron chi connectivity index (χ0n) is 87.8. The summed E-state index contributed by atoms with van der Waals surface area (Å²) in [6.45, 7) is 32.9. The lowest BCUT2D eigenvalue weighted by atomic mass is 10.0. The maximum Gasteiger partial charge on any atom is 0.511 e. The third-order valence-corrected chi connectivity index (χ3v) is 17.8. The molecule has 0 aliphatic carbocycles. The van der Waals surface area contributed by atoms with E-state index in [1.165, 1.54) is 77.2 Å². The highest BCUT2D eigenvalue weighted by molar-refractivity contribution is 5.82. The molecule has 0 fully saturated rings. The minimum Gasteiger partial charge on any atom is -0.457 e. The van der Waals surface area contributed by atoms with E-state index in [2.05, 4.69) is 40.5 Å². The monoisotopic (exact) mass is 2040 g/mol. The van der Waals surface area contributed by atoms with Crippen molar-refractivity contribution in [2.24, 2.45) is 11.8 Å². The summed E-state index contributed by atoms with van der Waals surface area (Å²) in [5.41, 5.74) is -1.18. The molecule has 0 bridgehead atoms. The fourth-order valence-corrected chi connectivity index (χ4v) is 11.0. The highest BCUT2D eigenvalue weighted by Gasteiger charge is 2.28. The van der Waals surface area contributed by atoms with E-state index in [0.29, 0.717) is 78.5 Å². The lowest BCUT2D eigenvalue weighted by molar-refractivity contribution is -0.154. The van der Waals surface area contributed by atoms with Gasteiger partial charge in [0.1, 0.15) is 75.9 Å². The van der Waals surface area contributed by atoms with Gasteiger partial charge in [-0.05, 0) is 196 Å². The summed E-state index contributed by atoms with van der Waals surface area (Å²) in [6.07, 6.45) is 15.9. The van der Waals surface area contributed by atoms with Crippen LogP contribution in [0.3, 0.4) is 0 Å². The molecule has 806 valence electrons. The van der Waals surface area contributed by atoms with E-state index in [-0.39, 0.29) is 90.8 Å². The van der Waals surface area contributed by atoms with Crippen molar-refractivity contribution in [3.8, 4) is 46.0 Å². The average molecular weight is 2040 g/mol. The number of hydrogen-bond acceptors (Lipinski definition) is 32. The van der Waals surface area contributed by atoms with Crippen LogP contribution in [0.2, 0.25) is 0 Å². The Kier molecular flexibility index (Phi) is 75.2. The Bertz CT molecular complexity index is 4630. The number of carbonyl (C=O) groups is 10. The molecule has 0 aliphatic rings. The van der Waals surface area contributed by atoms with Crippen LogP contribution >= 0.6 is 0 Å². The van der Waals surface area contributed by atoms with Gasteiger partial charge in [0.05, 0.1) is 19.3 Å². The van der Waals surface area contributed by atoms with Crippen molar-refractivity contribution in [2.45, 2.75) is 256 Å². The van der Waals surface area contributed by atoms with E-state index in [1.54, 1.807) is 140 Å². The highest BCUT2D eigenvalue weighted by atomic mass is 16.8. The average Bonchev–Trinajstić information content (AvgIpc) is 0.904. The SMILES string of the molecule is C=CCOC(=O)NC(CC(C)C)C(=O)OCOc1ccccc1.CC(=O)OCOc1ccccc1.CC(C)(C)OC(=O)OCOc1ccccc1.CC(C)CC(NC(=O)OC(C)(C)C)C(=O)OCOc1ccccc1.CC(C)OC(=O)OCOc1ccccc1.CCCC(=O)OCOc1ccccc1.CCCCCCCCCCOC(=O)OCOc1ccccc1.CCCCCCCCOC(=O)OCOc1ccccc1. The van der Waals surface area contributed by atoms with Crippen LogP contribution in [-0.4, -0.2) is 164 Å². The molecule has 2 amide bonds. The molecule has 34 heteroatoms. The summed E-state index contributed by atoms with van der Waals surface area (Å²) < 4.78 is 110. The van der Waals surface area contributed by atoms with Gasteiger partial charge in [0.25, 0.3) is 0 Å². The summed E-state index contributed by atoms with van der Waals surface area (Å²) in [6, 6.07) is 71.5. The van der Waals surface area contributed by atoms with E-state index in [1.807, 2.05) is 192 Å². The number of esters is 4. The molecule has 8 aromatic carbocycles. The van der Waals surface area contributed by atoms with Gasteiger partial charge in [-0.2, -0.15) is 0 Å². The van der Waals surface area contributed by atoms with Gasteiger partial charge in [-0.15, -0.1) is 0 Å². The van der Waals surface area contributed by atoms with E-state index in [0.717, 1.165) is 32.1 Å². The van der Waals surface area contributed by atoms with Gasteiger partial charge in [-0.25, -0.2) is 38.4 Å². The molecule has 0 radical (unpaired) electrons. The van der Waals surface area contributed by atoms with Crippen LogP contribution in [0.1, 0.15) is 226 Å². The molecule has 2 unspecified atom stereocenters. The Morgan fingerprint density at radius 2 is 0.555 bits per heavy atom. The molecule has 2 N–H and O–H groups in total. The minimum absolute atomic E-state index is 0.0111. The first kappa shape index (κ1) is 129. The second-order valence-electron chi connectivity index (χ2n) is 34.4. The number of unbranched alkanes of at least 4 members (excludes halogenated alkanes) is 12. The van der Waals surface area contributed by atoms with Crippen LogP contribution in [0.15, 0.2) is 255 Å². The second-order valence-corrected chi connectivity index (χ2v) is 34.4. The Balaban J connectivity index is 0.000000842. The van der Waals surface area contributed by atoms with Crippen molar-refractivity contribution >= 4 is 60.7 Å². The van der Waals surface area contributed by atoms with Gasteiger partial charge in [-0.3, -0.25) is 9.59 Å². The summed E-state index contributed by atoms with van der Waals surface area (Å²) in [5.74, 6) is 3.94. The molecule has 0 heterocycles. The molecule has 0 aliphatic heterocycles. The Labute approximate surface area is 862 Å². The number of rotatable bonds is 53. The molecule has 34 nitrogen and oxygen atoms in total. The predicted octanol–water partition coefficient (Wildman–Crippen LogP) is 25.8. The molecule has 8 rings (SSSR count). The van der Waals surface area contributed by atoms with Crippen molar-refractivity contribution in [1.29, 1.82) is 0 Å². The summed E-state index contributed by atoms with van der Waals surface area (Å²) in [7, 11) is 0. The van der Waals surface area contributed by atoms with Gasteiger partial charge in [0.2, 0.25) is 54.3 Å².